The quantitative estimate of drug-likeness (QED) is 0.779. The number of hydrogen-bond acceptors (Lipinski definition) is 3. The minimum Gasteiger partial charge on any atom is -0.465 e. The van der Waals surface area contributed by atoms with Gasteiger partial charge in [-0.05, 0) is 17.9 Å². The first-order chi connectivity index (χ1) is 9.61. The molecule has 0 bridgehead atoms. The minimum absolute atomic E-state index is 0.187. The van der Waals surface area contributed by atoms with E-state index in [1.54, 1.807) is 6.07 Å². The molecule has 0 spiro atoms. The van der Waals surface area contributed by atoms with Gasteiger partial charge in [-0.3, -0.25) is 4.90 Å². The molecule has 0 aliphatic heterocycles. The number of aliphatic hydroxyl groups excluding tert-OH is 1. The van der Waals surface area contributed by atoms with Crippen molar-refractivity contribution in [1.82, 2.24) is 4.90 Å². The highest BCUT2D eigenvalue weighted by atomic mass is 16.4. The molecule has 1 saturated carbocycles. The molecule has 0 radical (unpaired) electrons. The fourth-order valence-electron chi connectivity index (χ4n) is 2.31. The van der Waals surface area contributed by atoms with Crippen LogP contribution >= 0.6 is 0 Å². The molecule has 0 aromatic heterocycles. The molecular formula is C15H18N2O3. The van der Waals surface area contributed by atoms with Crippen LogP contribution in [-0.2, 0) is 6.54 Å². The van der Waals surface area contributed by atoms with Crippen LogP contribution in [0.25, 0.3) is 0 Å². The number of aliphatic hydroxyl groups is 1. The van der Waals surface area contributed by atoms with E-state index in [9.17, 15) is 15.0 Å². The van der Waals surface area contributed by atoms with Crippen molar-refractivity contribution in [2.45, 2.75) is 38.0 Å². The van der Waals surface area contributed by atoms with Crippen LogP contribution < -0.4 is 0 Å². The van der Waals surface area contributed by atoms with Crippen LogP contribution in [0.3, 0.4) is 0 Å². The molecular weight excluding hydrogens is 256 g/mol. The molecule has 5 nitrogen and oxygen atoms in total. The maximum absolute atomic E-state index is 11.5. The highest BCUT2D eigenvalue weighted by Crippen LogP contribution is 2.35. The van der Waals surface area contributed by atoms with Gasteiger partial charge in [0.05, 0.1) is 12.1 Å². The summed E-state index contributed by atoms with van der Waals surface area (Å²) in [4.78, 5) is 12.7. The van der Waals surface area contributed by atoms with Gasteiger partial charge in [0.15, 0.2) is 6.10 Å². The monoisotopic (exact) mass is 274 g/mol. The van der Waals surface area contributed by atoms with Crippen LogP contribution in [0.15, 0.2) is 30.3 Å². The summed E-state index contributed by atoms with van der Waals surface area (Å²) in [5, 5.41) is 28.1. The van der Waals surface area contributed by atoms with Crippen LogP contribution in [0.1, 0.15) is 24.8 Å². The topological polar surface area (TPSA) is 84.6 Å². The van der Waals surface area contributed by atoms with Crippen molar-refractivity contribution in [2.24, 2.45) is 5.92 Å². The third-order valence-electron chi connectivity index (χ3n) is 3.61. The number of nitriles is 1. The Morgan fingerprint density at radius 2 is 2.05 bits per heavy atom. The van der Waals surface area contributed by atoms with E-state index in [1.165, 1.54) is 4.90 Å². The van der Waals surface area contributed by atoms with Crippen molar-refractivity contribution < 1.29 is 15.0 Å². The lowest BCUT2D eigenvalue weighted by atomic mass is 10.0. The maximum atomic E-state index is 11.5. The largest absolute Gasteiger partial charge is 0.465 e. The van der Waals surface area contributed by atoms with E-state index in [2.05, 4.69) is 0 Å². The van der Waals surface area contributed by atoms with Gasteiger partial charge in [-0.15, -0.1) is 0 Å². The van der Waals surface area contributed by atoms with E-state index in [4.69, 9.17) is 5.26 Å². The van der Waals surface area contributed by atoms with Crippen molar-refractivity contribution >= 4 is 6.09 Å². The van der Waals surface area contributed by atoms with Crippen LogP contribution in [0.2, 0.25) is 0 Å². The Kier molecular flexibility index (Phi) is 4.59. The molecule has 1 aromatic rings. The van der Waals surface area contributed by atoms with Crippen molar-refractivity contribution in [3.63, 3.8) is 0 Å². The second kappa shape index (κ2) is 6.40. The third-order valence-corrected chi connectivity index (χ3v) is 3.61. The number of nitrogens with zero attached hydrogens (tertiary/aromatic N) is 2. The molecule has 106 valence electrons. The summed E-state index contributed by atoms with van der Waals surface area (Å²) < 4.78 is 0. The number of carboxylic acid groups (broad SMARTS) is 1. The highest BCUT2D eigenvalue weighted by Gasteiger charge is 2.35. The molecule has 2 N–H and O–H groups in total. The van der Waals surface area contributed by atoms with Crippen LogP contribution in [-0.4, -0.2) is 33.4 Å². The fraction of sp³-hybridized carbons (Fsp3) is 0.467. The maximum Gasteiger partial charge on any atom is 0.407 e. The first-order valence-electron chi connectivity index (χ1n) is 6.73. The van der Waals surface area contributed by atoms with Gasteiger partial charge in [-0.2, -0.15) is 5.26 Å². The van der Waals surface area contributed by atoms with Crippen molar-refractivity contribution in [3.05, 3.63) is 35.9 Å². The zero-order valence-corrected chi connectivity index (χ0v) is 11.1. The normalized spacial score (nSPS) is 17.0. The molecule has 1 aromatic carbocycles. The van der Waals surface area contributed by atoms with Crippen molar-refractivity contribution in [2.75, 3.05) is 0 Å². The number of carbonyl (C=O) groups is 1. The van der Waals surface area contributed by atoms with Gasteiger partial charge in [-0.1, -0.05) is 43.2 Å². The molecule has 1 amide bonds. The molecule has 0 saturated heterocycles. The van der Waals surface area contributed by atoms with Crippen molar-refractivity contribution in [3.8, 4) is 6.07 Å². The van der Waals surface area contributed by atoms with E-state index in [1.807, 2.05) is 30.3 Å². The van der Waals surface area contributed by atoms with Gasteiger partial charge in [0.2, 0.25) is 0 Å². The summed E-state index contributed by atoms with van der Waals surface area (Å²) in [6, 6.07) is 10.3. The molecule has 20 heavy (non-hydrogen) atoms. The van der Waals surface area contributed by atoms with Crippen LogP contribution in [0.4, 0.5) is 4.79 Å². The van der Waals surface area contributed by atoms with Crippen LogP contribution in [0, 0.1) is 17.2 Å². The van der Waals surface area contributed by atoms with E-state index in [0.717, 1.165) is 18.4 Å². The van der Waals surface area contributed by atoms with E-state index < -0.39 is 18.2 Å². The Morgan fingerprint density at radius 3 is 2.55 bits per heavy atom. The second-order valence-corrected chi connectivity index (χ2v) is 5.22. The molecule has 2 rings (SSSR count). The molecule has 1 aliphatic carbocycles. The summed E-state index contributed by atoms with van der Waals surface area (Å²) in [6.07, 6.45) is 0.263. The molecule has 1 unspecified atom stereocenters. The lowest BCUT2D eigenvalue weighted by Gasteiger charge is -2.30. The fourth-order valence-corrected chi connectivity index (χ4v) is 2.31. The first-order valence-corrected chi connectivity index (χ1v) is 6.73. The average Bonchev–Trinajstić information content (AvgIpc) is 3.26. The summed E-state index contributed by atoms with van der Waals surface area (Å²) in [6.45, 7) is 0.187. The molecule has 1 aliphatic rings. The molecule has 1 fully saturated rings. The Balaban J connectivity index is 2.15. The number of hydrogen-bond donors (Lipinski definition) is 2. The SMILES string of the molecule is N#CC(O)[C@H](CC1CC1)N(Cc1ccccc1)C(=O)O. The smallest absolute Gasteiger partial charge is 0.407 e. The Bertz CT molecular complexity index is 494. The minimum atomic E-state index is -1.28. The van der Waals surface area contributed by atoms with E-state index in [-0.39, 0.29) is 6.54 Å². The number of benzene rings is 1. The molecule has 5 heteroatoms. The molecule has 2 atom stereocenters. The average molecular weight is 274 g/mol. The third kappa shape index (κ3) is 3.72. The Hall–Kier alpha value is -2.06. The first kappa shape index (κ1) is 14.4. The standard InChI is InChI=1S/C15H18N2O3/c16-9-14(18)13(8-11-6-7-11)17(15(19)20)10-12-4-2-1-3-5-12/h1-5,11,13-14,18H,6-8,10H2,(H,19,20)/t13-,14?/m0/s1. The van der Waals surface area contributed by atoms with Gasteiger partial charge >= 0.3 is 6.09 Å². The van der Waals surface area contributed by atoms with Gasteiger partial charge in [-0.25, -0.2) is 4.79 Å². The number of rotatable bonds is 6. The summed E-state index contributed by atoms with van der Waals surface area (Å²) in [5.74, 6) is 0.431. The zero-order valence-electron chi connectivity index (χ0n) is 11.1. The van der Waals surface area contributed by atoms with Gasteiger partial charge < -0.3 is 10.2 Å². The highest BCUT2D eigenvalue weighted by molar-refractivity contribution is 5.65. The Morgan fingerprint density at radius 1 is 1.40 bits per heavy atom. The summed E-state index contributed by atoms with van der Waals surface area (Å²) in [5.41, 5.74) is 0.848. The lowest BCUT2D eigenvalue weighted by Crippen LogP contribution is -2.46. The summed E-state index contributed by atoms with van der Waals surface area (Å²) in [7, 11) is 0. The lowest BCUT2D eigenvalue weighted by molar-refractivity contribution is 0.0627. The predicted molar refractivity (Wildman–Crippen MR) is 72.8 cm³/mol. The van der Waals surface area contributed by atoms with Gasteiger partial charge in [0, 0.05) is 6.54 Å². The van der Waals surface area contributed by atoms with E-state index >= 15 is 0 Å². The van der Waals surface area contributed by atoms with Gasteiger partial charge in [0.1, 0.15) is 0 Å². The van der Waals surface area contributed by atoms with Crippen LogP contribution in [0.5, 0.6) is 0 Å². The predicted octanol–water partition coefficient (Wildman–Crippen LogP) is 2.22. The van der Waals surface area contributed by atoms with Crippen molar-refractivity contribution in [1.29, 1.82) is 5.26 Å². The van der Waals surface area contributed by atoms with Gasteiger partial charge in [0.25, 0.3) is 0 Å². The second-order valence-electron chi connectivity index (χ2n) is 5.22. The summed E-state index contributed by atoms with van der Waals surface area (Å²) >= 11 is 0. The zero-order chi connectivity index (χ0) is 14.5. The van der Waals surface area contributed by atoms with E-state index in [0.29, 0.717) is 12.3 Å². The molecule has 0 heterocycles. The number of amides is 1. The Labute approximate surface area is 118 Å².